The van der Waals surface area contributed by atoms with Gasteiger partial charge in [-0.25, -0.2) is 0 Å². The summed E-state index contributed by atoms with van der Waals surface area (Å²) in [6, 6.07) is -1.63. The van der Waals surface area contributed by atoms with Crippen molar-refractivity contribution >= 4 is 40.8 Å². The summed E-state index contributed by atoms with van der Waals surface area (Å²) in [7, 11) is 0. The van der Waals surface area contributed by atoms with Crippen LogP contribution in [0.4, 0.5) is 0 Å². The van der Waals surface area contributed by atoms with Crippen molar-refractivity contribution in [3.63, 3.8) is 0 Å². The monoisotopic (exact) mass is 828 g/mol. The number of amides is 2. The zero-order valence-electron chi connectivity index (χ0n) is 30.2. The zero-order valence-corrected chi connectivity index (χ0v) is 31.7. The number of nitrogens with zero attached hydrogens (tertiary/aromatic N) is 1. The number of nitrogens with two attached hydrogens (primary N) is 1. The molecule has 0 spiro atoms. The molecule has 4 rings (SSSR count). The van der Waals surface area contributed by atoms with Crippen LogP contribution in [0.5, 0.6) is 0 Å². The van der Waals surface area contributed by atoms with E-state index in [0.717, 1.165) is 11.0 Å². The van der Waals surface area contributed by atoms with E-state index in [4.69, 9.17) is 52.6 Å². The average Bonchev–Trinajstić information content (AvgIpc) is 3.52. The fourth-order valence-electron chi connectivity index (χ4n) is 6.03. The second kappa shape index (κ2) is 20.8. The number of ether oxygens (including phenoxy) is 5. The predicted octanol–water partition coefficient (Wildman–Crippen LogP) is -0.107. The van der Waals surface area contributed by atoms with Gasteiger partial charge in [0, 0.05) is 10.1 Å². The normalized spacial score (nSPS) is 37.5. The third-order valence-electron chi connectivity index (χ3n) is 8.96. The molecule has 308 valence electrons. The summed E-state index contributed by atoms with van der Waals surface area (Å²) in [5, 5.41) is 75.2. The number of hydrogen-bond donors (Lipinski definition) is 8. The van der Waals surface area contributed by atoms with Crippen molar-refractivity contribution in [2.45, 2.75) is 100 Å². The van der Waals surface area contributed by atoms with Crippen molar-refractivity contribution in [1.82, 2.24) is 4.90 Å². The van der Waals surface area contributed by atoms with Crippen LogP contribution in [0.15, 0.2) is 94.3 Å². The lowest BCUT2D eigenvalue weighted by molar-refractivity contribution is -0.338. The van der Waals surface area contributed by atoms with Crippen LogP contribution in [-0.2, 0) is 38.1 Å². The third kappa shape index (κ3) is 11.3. The van der Waals surface area contributed by atoms with E-state index in [0.29, 0.717) is 10.1 Å². The number of primary amides is 1. The van der Waals surface area contributed by atoms with Crippen molar-refractivity contribution in [1.29, 1.82) is 0 Å². The highest BCUT2D eigenvalue weighted by Crippen LogP contribution is 2.35. The van der Waals surface area contributed by atoms with E-state index in [-0.39, 0.29) is 0 Å². The molecule has 13 atom stereocenters. The zero-order chi connectivity index (χ0) is 41.3. The summed E-state index contributed by atoms with van der Waals surface area (Å²) in [5.41, 5.74) is 4.68. The minimum atomic E-state index is -1.89. The SMILES string of the molecule is C/C(Cl)=C/C=C/C(Cl)=C/C=C/C=C/C=C/C=C/C(O)=C1\C(=O)[C@H](CC(N)=O)N([C@H]2OC[C@H](O)[C@H](O)[C@@H]2O[C@@H]2OC[C@@H](O[C@@H]3O[C@H](C)[C@H](O)[C@@H]3O)[C@@H](O)[C@@H]2O)C1=O. The first kappa shape index (κ1) is 45.2. The summed E-state index contributed by atoms with van der Waals surface area (Å²) in [4.78, 5) is 40.2. The van der Waals surface area contributed by atoms with Crippen LogP contribution in [-0.4, -0.2) is 151 Å². The molecule has 0 radical (unpaired) electrons. The molecular weight excluding hydrogens is 783 g/mol. The van der Waals surface area contributed by atoms with E-state index in [2.05, 4.69) is 0 Å². The second-order valence-electron chi connectivity index (χ2n) is 13.1. The van der Waals surface area contributed by atoms with Gasteiger partial charge in [-0.15, -0.1) is 0 Å². The van der Waals surface area contributed by atoms with Crippen molar-refractivity contribution in [2.75, 3.05) is 13.2 Å². The first-order valence-corrected chi connectivity index (χ1v) is 18.2. The fraction of sp³-hybridized carbons (Fsp3) is 0.486. The predicted molar refractivity (Wildman–Crippen MR) is 198 cm³/mol. The number of likely N-dealkylation sites (tertiary alicyclic amines) is 1. The molecule has 4 aliphatic heterocycles. The molecule has 0 saturated carbocycles. The molecule has 4 fully saturated rings. The fourth-order valence-corrected chi connectivity index (χ4v) is 6.25. The molecule has 0 aliphatic carbocycles. The molecule has 0 bridgehead atoms. The maximum Gasteiger partial charge on any atom is 0.264 e. The molecule has 0 aromatic carbocycles. The van der Waals surface area contributed by atoms with Crippen molar-refractivity contribution in [3.05, 3.63) is 94.3 Å². The number of hydrogen-bond acceptors (Lipinski definition) is 15. The highest BCUT2D eigenvalue weighted by molar-refractivity contribution is 6.31. The molecule has 2 amide bonds. The van der Waals surface area contributed by atoms with Gasteiger partial charge < -0.3 is 65.2 Å². The molecule has 0 unspecified atom stereocenters. The smallest absolute Gasteiger partial charge is 0.264 e. The summed E-state index contributed by atoms with van der Waals surface area (Å²) in [6.07, 6.45) is -0.244. The molecule has 4 saturated heterocycles. The number of aliphatic hydroxyl groups excluding tert-OH is 7. The molecule has 19 heteroatoms. The Morgan fingerprint density at radius 3 is 2.09 bits per heavy atom. The van der Waals surface area contributed by atoms with Gasteiger partial charge in [0.1, 0.15) is 66.2 Å². The first-order chi connectivity index (χ1) is 26.5. The van der Waals surface area contributed by atoms with Gasteiger partial charge in [-0.3, -0.25) is 19.3 Å². The Morgan fingerprint density at radius 1 is 0.821 bits per heavy atom. The Balaban J connectivity index is 1.48. The number of aliphatic hydroxyl groups is 7. The highest BCUT2D eigenvalue weighted by atomic mass is 35.5. The molecule has 9 N–H and O–H groups in total. The van der Waals surface area contributed by atoms with E-state index in [1.807, 2.05) is 0 Å². The quantitative estimate of drug-likeness (QED) is 0.0492. The van der Waals surface area contributed by atoms with Crippen molar-refractivity contribution in [3.8, 4) is 0 Å². The first-order valence-electron chi connectivity index (χ1n) is 17.4. The van der Waals surface area contributed by atoms with Gasteiger partial charge in [-0.05, 0) is 38.2 Å². The Hall–Kier alpha value is -3.53. The highest BCUT2D eigenvalue weighted by Gasteiger charge is 2.56. The summed E-state index contributed by atoms with van der Waals surface area (Å²) >= 11 is 11.8. The van der Waals surface area contributed by atoms with Gasteiger partial charge in [-0.1, -0.05) is 71.8 Å². The van der Waals surface area contributed by atoms with Gasteiger partial charge in [0.2, 0.25) is 5.91 Å². The minimum Gasteiger partial charge on any atom is -0.507 e. The van der Waals surface area contributed by atoms with Crippen LogP contribution >= 0.6 is 23.2 Å². The van der Waals surface area contributed by atoms with Crippen LogP contribution in [0.2, 0.25) is 0 Å². The molecule has 0 aromatic heterocycles. The van der Waals surface area contributed by atoms with E-state index >= 15 is 0 Å². The van der Waals surface area contributed by atoms with Crippen LogP contribution < -0.4 is 5.73 Å². The average molecular weight is 830 g/mol. The Kier molecular flexibility index (Phi) is 16.7. The number of halogens is 2. The molecule has 0 aromatic rings. The summed E-state index contributed by atoms with van der Waals surface area (Å²) in [6.45, 7) is 2.19. The molecule has 4 aliphatic rings. The molecule has 17 nitrogen and oxygen atoms in total. The second-order valence-corrected chi connectivity index (χ2v) is 14.2. The topological polar surface area (TPSA) is 268 Å². The third-order valence-corrected chi connectivity index (χ3v) is 9.34. The van der Waals surface area contributed by atoms with Gasteiger partial charge in [0.05, 0.1) is 25.7 Å². The van der Waals surface area contributed by atoms with Crippen LogP contribution in [0.3, 0.4) is 0 Å². The van der Waals surface area contributed by atoms with Gasteiger partial charge in [0.25, 0.3) is 5.91 Å². The van der Waals surface area contributed by atoms with Gasteiger partial charge >= 0.3 is 0 Å². The number of carbonyl (C=O) groups is 3. The number of Topliss-reactive ketones (excluding diaryl/α,β-unsaturated/α-hetero) is 1. The lowest BCUT2D eigenvalue weighted by atomic mass is 10.0. The van der Waals surface area contributed by atoms with Crippen molar-refractivity contribution < 1.29 is 73.8 Å². The number of allylic oxidation sites excluding steroid dienone is 14. The minimum absolute atomic E-state index is 0.464. The number of rotatable bonds is 14. The standard InChI is InChI=1S/C37H46Cl2N2O15/c1-18(38)11-10-13-20(39)12-8-6-4-3-5-7-9-14-22(42)26-28(46)21(15-25(40)44)41(34(26)51)35-33(29(47)23(43)16-52-35)56-36-32(50)30(48)24(17-53-36)55-37-31(49)27(45)19(2)54-37/h3-14,19,21,23-24,27,29-33,35-37,42-43,45,47-50H,15-17H2,1-2H3,(H2,40,44)/b4-3+,7-5+,8-6+,13-10+,14-9+,18-11-,20-12-,26-22-/t19-,21+,23+,24-,27+,29+,30-,31+,32+,33+,35+,36+,37+/m1/s1. The Labute approximate surface area is 332 Å². The maximum absolute atomic E-state index is 13.8. The summed E-state index contributed by atoms with van der Waals surface area (Å²) < 4.78 is 27.9. The number of ketones is 1. The van der Waals surface area contributed by atoms with Crippen molar-refractivity contribution in [2.24, 2.45) is 5.73 Å². The van der Waals surface area contributed by atoms with E-state index in [9.17, 15) is 50.1 Å². The molecule has 4 heterocycles. The van der Waals surface area contributed by atoms with E-state index < -0.39 is 128 Å². The largest absolute Gasteiger partial charge is 0.507 e. The molecule has 56 heavy (non-hydrogen) atoms. The van der Waals surface area contributed by atoms with Gasteiger partial charge in [-0.2, -0.15) is 0 Å². The van der Waals surface area contributed by atoms with E-state index in [1.165, 1.54) is 19.1 Å². The Bertz CT molecular complexity index is 1670. The van der Waals surface area contributed by atoms with Crippen LogP contribution in [0.1, 0.15) is 20.3 Å². The molecular formula is C37H46Cl2N2O15. The lowest BCUT2D eigenvalue weighted by Gasteiger charge is -2.46. The lowest BCUT2D eigenvalue weighted by Crippen LogP contribution is -2.65. The van der Waals surface area contributed by atoms with E-state index in [1.54, 1.807) is 61.6 Å². The van der Waals surface area contributed by atoms with Crippen LogP contribution in [0, 0.1) is 0 Å². The summed E-state index contributed by atoms with van der Waals surface area (Å²) in [5.74, 6) is -3.88. The van der Waals surface area contributed by atoms with Gasteiger partial charge in [0.15, 0.2) is 24.6 Å². The maximum atomic E-state index is 13.8. The number of carbonyl (C=O) groups excluding carboxylic acids is 3. The Morgan fingerprint density at radius 2 is 1.46 bits per heavy atom. The van der Waals surface area contributed by atoms with Crippen LogP contribution in [0.25, 0.3) is 0 Å².